The SMILES string of the molecule is CCCCC(=O)NC(=S)N1CCN(c2c(F)c(F)c(F)c(F)c2F)CC1. The number of piperazine rings is 1. The Kier molecular flexibility index (Phi) is 6.74. The zero-order chi connectivity index (χ0) is 19.4. The molecule has 1 N–H and O–H groups in total. The number of rotatable bonds is 4. The van der Waals surface area contributed by atoms with Crippen LogP contribution in [0.2, 0.25) is 0 Å². The predicted molar refractivity (Wildman–Crippen MR) is 90.3 cm³/mol. The molecule has 0 bridgehead atoms. The molecule has 0 radical (unpaired) electrons. The van der Waals surface area contributed by atoms with Gasteiger partial charge in [0.25, 0.3) is 0 Å². The minimum atomic E-state index is -2.18. The summed E-state index contributed by atoms with van der Waals surface area (Å²) in [5, 5.41) is 2.75. The number of halogens is 5. The number of benzene rings is 1. The molecular formula is C16H18F5N3OS. The first-order valence-corrected chi connectivity index (χ1v) is 8.53. The van der Waals surface area contributed by atoms with Crippen LogP contribution in [0.25, 0.3) is 0 Å². The van der Waals surface area contributed by atoms with Gasteiger partial charge in [0.05, 0.1) is 0 Å². The van der Waals surface area contributed by atoms with Crippen molar-refractivity contribution >= 4 is 28.9 Å². The van der Waals surface area contributed by atoms with Gasteiger partial charge in [0, 0.05) is 32.6 Å². The smallest absolute Gasteiger partial charge is 0.226 e. The van der Waals surface area contributed by atoms with Crippen LogP contribution in [0.4, 0.5) is 27.6 Å². The second kappa shape index (κ2) is 8.61. The largest absolute Gasteiger partial charge is 0.363 e. The van der Waals surface area contributed by atoms with Crippen molar-refractivity contribution in [3.63, 3.8) is 0 Å². The second-order valence-corrected chi connectivity index (χ2v) is 6.24. The summed E-state index contributed by atoms with van der Waals surface area (Å²) in [6.07, 6.45) is 1.92. The molecule has 0 aliphatic carbocycles. The molecule has 10 heteroatoms. The number of unbranched alkanes of at least 4 members (excludes halogenated alkanes) is 1. The monoisotopic (exact) mass is 395 g/mol. The molecular weight excluding hydrogens is 377 g/mol. The van der Waals surface area contributed by atoms with Crippen LogP contribution in [-0.2, 0) is 4.79 Å². The number of hydrogen-bond acceptors (Lipinski definition) is 3. The Bertz CT molecular complexity index is 679. The number of nitrogens with one attached hydrogen (secondary N) is 1. The van der Waals surface area contributed by atoms with E-state index in [4.69, 9.17) is 12.2 Å². The molecule has 1 amide bonds. The first-order valence-electron chi connectivity index (χ1n) is 8.13. The zero-order valence-electron chi connectivity index (χ0n) is 14.1. The van der Waals surface area contributed by atoms with Crippen molar-refractivity contribution in [2.24, 2.45) is 0 Å². The lowest BCUT2D eigenvalue weighted by atomic mass is 10.2. The van der Waals surface area contributed by atoms with E-state index in [0.717, 1.165) is 17.7 Å². The van der Waals surface area contributed by atoms with E-state index in [-0.39, 0.29) is 37.2 Å². The maximum atomic E-state index is 13.9. The van der Waals surface area contributed by atoms with Crippen LogP contribution < -0.4 is 10.2 Å². The van der Waals surface area contributed by atoms with Crippen LogP contribution in [0, 0.1) is 29.1 Å². The van der Waals surface area contributed by atoms with Crippen molar-refractivity contribution in [3.05, 3.63) is 29.1 Å². The highest BCUT2D eigenvalue weighted by atomic mass is 32.1. The van der Waals surface area contributed by atoms with Gasteiger partial charge in [-0.3, -0.25) is 4.79 Å². The van der Waals surface area contributed by atoms with E-state index in [1.54, 1.807) is 4.90 Å². The fourth-order valence-corrected chi connectivity index (χ4v) is 2.90. The van der Waals surface area contributed by atoms with Gasteiger partial charge in [-0.2, -0.15) is 0 Å². The van der Waals surface area contributed by atoms with Crippen LogP contribution in [0.15, 0.2) is 0 Å². The highest BCUT2D eigenvalue weighted by molar-refractivity contribution is 7.80. The molecule has 0 spiro atoms. The van der Waals surface area contributed by atoms with Crippen molar-refractivity contribution in [3.8, 4) is 0 Å². The van der Waals surface area contributed by atoms with Gasteiger partial charge >= 0.3 is 0 Å². The van der Waals surface area contributed by atoms with Gasteiger partial charge in [0.1, 0.15) is 5.69 Å². The van der Waals surface area contributed by atoms with E-state index in [0.29, 0.717) is 6.42 Å². The summed E-state index contributed by atoms with van der Waals surface area (Å²) in [6, 6.07) is 0. The number of carbonyl (C=O) groups excluding carboxylic acids is 1. The Morgan fingerprint density at radius 1 is 0.962 bits per heavy atom. The van der Waals surface area contributed by atoms with E-state index in [2.05, 4.69) is 5.32 Å². The summed E-state index contributed by atoms with van der Waals surface area (Å²) in [5.41, 5.74) is -0.945. The quantitative estimate of drug-likeness (QED) is 0.368. The molecule has 1 aliphatic heterocycles. The normalized spacial score (nSPS) is 14.5. The fraction of sp³-hybridized carbons (Fsp3) is 0.500. The molecule has 1 aliphatic rings. The van der Waals surface area contributed by atoms with Crippen molar-refractivity contribution in [1.29, 1.82) is 0 Å². The third-order valence-corrected chi connectivity index (χ3v) is 4.43. The molecule has 1 saturated heterocycles. The summed E-state index contributed by atoms with van der Waals surface area (Å²) >= 11 is 5.12. The van der Waals surface area contributed by atoms with E-state index in [9.17, 15) is 26.7 Å². The summed E-state index contributed by atoms with van der Waals surface area (Å²) in [4.78, 5) is 14.4. The number of carbonyl (C=O) groups is 1. The third-order valence-electron chi connectivity index (χ3n) is 4.07. The molecule has 0 aromatic heterocycles. The van der Waals surface area contributed by atoms with Gasteiger partial charge in [0.15, 0.2) is 28.4 Å². The first kappa shape index (κ1) is 20.3. The van der Waals surface area contributed by atoms with Gasteiger partial charge < -0.3 is 15.1 Å². The Morgan fingerprint density at radius 3 is 1.96 bits per heavy atom. The standard InChI is InChI=1S/C16H18F5N3OS/c1-2-3-4-9(25)22-16(26)24-7-5-23(6-8-24)15-13(20)11(18)10(17)12(19)14(15)21/h2-8H2,1H3,(H,22,25,26). The molecule has 1 aromatic carbocycles. The average molecular weight is 395 g/mol. The summed E-state index contributed by atoms with van der Waals surface area (Å²) < 4.78 is 67.6. The highest BCUT2D eigenvalue weighted by Gasteiger charge is 2.31. The maximum Gasteiger partial charge on any atom is 0.226 e. The maximum absolute atomic E-state index is 13.9. The summed E-state index contributed by atoms with van der Waals surface area (Å²) in [6.45, 7) is 2.27. The third kappa shape index (κ3) is 4.22. The van der Waals surface area contributed by atoms with Crippen molar-refractivity contribution in [2.45, 2.75) is 26.2 Å². The Balaban J connectivity index is 2.03. The number of amides is 1. The number of thiocarbonyl (C=S) groups is 1. The molecule has 1 fully saturated rings. The van der Waals surface area contributed by atoms with E-state index >= 15 is 0 Å². The Morgan fingerprint density at radius 2 is 1.46 bits per heavy atom. The molecule has 1 heterocycles. The molecule has 4 nitrogen and oxygen atoms in total. The lowest BCUT2D eigenvalue weighted by Crippen LogP contribution is -2.53. The Labute approximate surface area is 152 Å². The molecule has 1 aromatic rings. The molecule has 26 heavy (non-hydrogen) atoms. The first-order chi connectivity index (χ1) is 12.3. The molecule has 0 saturated carbocycles. The van der Waals surface area contributed by atoms with E-state index in [1.807, 2.05) is 6.92 Å². The second-order valence-electron chi connectivity index (χ2n) is 5.85. The lowest BCUT2D eigenvalue weighted by Gasteiger charge is -2.37. The van der Waals surface area contributed by atoms with Crippen LogP contribution in [-0.4, -0.2) is 42.1 Å². The van der Waals surface area contributed by atoms with E-state index < -0.39 is 34.8 Å². The van der Waals surface area contributed by atoms with Crippen LogP contribution in [0.3, 0.4) is 0 Å². The molecule has 2 rings (SSSR count). The van der Waals surface area contributed by atoms with Crippen molar-refractivity contribution in [1.82, 2.24) is 10.2 Å². The molecule has 0 unspecified atom stereocenters. The Hall–Kier alpha value is -1.97. The van der Waals surface area contributed by atoms with Crippen molar-refractivity contribution < 1.29 is 26.7 Å². The van der Waals surface area contributed by atoms with E-state index in [1.165, 1.54) is 0 Å². The predicted octanol–water partition coefficient (Wildman–Crippen LogP) is 3.10. The van der Waals surface area contributed by atoms with Gasteiger partial charge in [-0.25, -0.2) is 22.0 Å². The van der Waals surface area contributed by atoms with Gasteiger partial charge in [-0.15, -0.1) is 0 Å². The number of hydrogen-bond donors (Lipinski definition) is 1. The molecule has 0 atom stereocenters. The topological polar surface area (TPSA) is 35.6 Å². The van der Waals surface area contributed by atoms with Crippen LogP contribution >= 0.6 is 12.2 Å². The van der Waals surface area contributed by atoms with Gasteiger partial charge in [0.2, 0.25) is 11.7 Å². The number of anilines is 1. The van der Waals surface area contributed by atoms with Crippen LogP contribution in [0.5, 0.6) is 0 Å². The zero-order valence-corrected chi connectivity index (χ0v) is 14.9. The highest BCUT2D eigenvalue weighted by Crippen LogP contribution is 2.30. The van der Waals surface area contributed by atoms with Gasteiger partial charge in [-0.1, -0.05) is 13.3 Å². The van der Waals surface area contributed by atoms with Gasteiger partial charge in [-0.05, 0) is 18.6 Å². The molecule has 144 valence electrons. The minimum Gasteiger partial charge on any atom is -0.363 e. The summed E-state index contributed by atoms with van der Waals surface area (Å²) in [7, 11) is 0. The lowest BCUT2D eigenvalue weighted by molar-refractivity contribution is -0.119. The van der Waals surface area contributed by atoms with Crippen molar-refractivity contribution in [2.75, 3.05) is 31.1 Å². The van der Waals surface area contributed by atoms with Crippen LogP contribution in [0.1, 0.15) is 26.2 Å². The average Bonchev–Trinajstić information content (AvgIpc) is 2.63. The number of nitrogens with zero attached hydrogens (tertiary/aromatic N) is 2. The fourth-order valence-electron chi connectivity index (χ4n) is 2.60. The minimum absolute atomic E-state index is 0.0106. The summed E-state index contributed by atoms with van der Waals surface area (Å²) in [5.74, 6) is -10.1.